The predicted octanol–water partition coefficient (Wildman–Crippen LogP) is 16.0. The first-order valence-corrected chi connectivity index (χ1v) is 23.0. The van der Waals surface area contributed by atoms with Gasteiger partial charge in [0.05, 0.1) is 33.4 Å². The van der Waals surface area contributed by atoms with Gasteiger partial charge in [0.2, 0.25) is 0 Å². The number of aromatic nitrogens is 5. The Labute approximate surface area is 381 Å². The Kier molecular flexibility index (Phi) is 9.69. The van der Waals surface area contributed by atoms with Gasteiger partial charge in [-0.2, -0.15) is 5.10 Å². The van der Waals surface area contributed by atoms with E-state index in [0.717, 1.165) is 61.8 Å². The van der Waals surface area contributed by atoms with Gasteiger partial charge in [0.25, 0.3) is 0 Å². The highest BCUT2D eigenvalue weighted by molar-refractivity contribution is 6.12. The van der Waals surface area contributed by atoms with E-state index in [1.165, 1.54) is 49.4 Å². The monoisotopic (exact) mass is 843 g/mol. The van der Waals surface area contributed by atoms with Crippen LogP contribution in [0.25, 0.3) is 94.4 Å². The number of hydrogen-bond acceptors (Lipinski definition) is 2. The van der Waals surface area contributed by atoms with Crippen molar-refractivity contribution in [2.24, 2.45) is 0 Å². The molecule has 0 radical (unpaired) electrons. The Bertz CT molecular complexity index is 3550. The number of rotatable bonds is 8. The van der Waals surface area contributed by atoms with Crippen LogP contribution in [0.1, 0.15) is 77.0 Å². The molecule has 0 atom stereocenters. The number of hydrogen-bond donors (Lipinski definition) is 0. The fourth-order valence-corrected chi connectivity index (χ4v) is 10.1. The molecule has 5 heteroatoms. The third kappa shape index (κ3) is 6.68. The number of pyridine rings is 1. The molecule has 0 spiro atoms. The maximum absolute atomic E-state index is 5.70. The third-order valence-electron chi connectivity index (χ3n) is 13.3. The Morgan fingerprint density at radius 3 is 1.58 bits per heavy atom. The molecule has 7 aromatic carbocycles. The molecule has 0 saturated carbocycles. The van der Waals surface area contributed by atoms with E-state index < -0.39 is 0 Å². The van der Waals surface area contributed by atoms with E-state index in [1.54, 1.807) is 0 Å². The van der Waals surface area contributed by atoms with E-state index in [-0.39, 0.29) is 5.41 Å². The zero-order valence-corrected chi connectivity index (χ0v) is 38.2. The van der Waals surface area contributed by atoms with Gasteiger partial charge >= 0.3 is 0 Å². The van der Waals surface area contributed by atoms with Gasteiger partial charge in [0, 0.05) is 50.1 Å². The molecule has 0 N–H and O–H groups in total. The van der Waals surface area contributed by atoms with Gasteiger partial charge in [-0.1, -0.05) is 176 Å². The molecule has 11 aromatic rings. The van der Waals surface area contributed by atoms with E-state index in [2.05, 4.69) is 238 Å². The van der Waals surface area contributed by atoms with Gasteiger partial charge in [-0.05, 0) is 88.0 Å². The predicted molar refractivity (Wildman–Crippen MR) is 273 cm³/mol. The highest BCUT2D eigenvalue weighted by Gasteiger charge is 2.29. The van der Waals surface area contributed by atoms with Gasteiger partial charge in [0.15, 0.2) is 0 Å². The van der Waals surface area contributed by atoms with Crippen molar-refractivity contribution in [3.8, 4) is 50.8 Å². The van der Waals surface area contributed by atoms with Crippen LogP contribution in [0.5, 0.6) is 0 Å². The van der Waals surface area contributed by atoms with Crippen molar-refractivity contribution in [1.29, 1.82) is 0 Å². The van der Waals surface area contributed by atoms with Crippen molar-refractivity contribution in [2.75, 3.05) is 0 Å². The molecule has 4 heterocycles. The van der Waals surface area contributed by atoms with E-state index in [4.69, 9.17) is 10.1 Å². The molecule has 0 bridgehead atoms. The Hall–Kier alpha value is -7.50. The second kappa shape index (κ2) is 15.6. The normalized spacial score (nSPS) is 12.2. The first-order valence-electron chi connectivity index (χ1n) is 23.0. The van der Waals surface area contributed by atoms with Crippen molar-refractivity contribution in [1.82, 2.24) is 23.9 Å². The Balaban J connectivity index is 1.21. The lowest BCUT2D eigenvalue weighted by Crippen LogP contribution is -2.12. The molecule has 0 unspecified atom stereocenters. The molecule has 65 heavy (non-hydrogen) atoms. The molecule has 318 valence electrons. The van der Waals surface area contributed by atoms with Gasteiger partial charge in [0.1, 0.15) is 11.5 Å². The molecule has 0 saturated heterocycles. The Morgan fingerprint density at radius 1 is 0.446 bits per heavy atom. The van der Waals surface area contributed by atoms with Crippen molar-refractivity contribution in [3.63, 3.8) is 0 Å². The van der Waals surface area contributed by atoms with Crippen LogP contribution in [-0.4, -0.2) is 23.9 Å². The largest absolute Gasteiger partial charge is 0.309 e. The van der Waals surface area contributed by atoms with Gasteiger partial charge in [-0.15, -0.1) is 0 Å². The summed E-state index contributed by atoms with van der Waals surface area (Å²) in [5.41, 5.74) is 17.2. The van der Waals surface area contributed by atoms with Crippen LogP contribution in [0.3, 0.4) is 0 Å². The zero-order chi connectivity index (χ0) is 44.6. The molecular formula is C60H53N5. The lowest BCUT2D eigenvalue weighted by molar-refractivity contribution is 0.588. The number of benzene rings is 7. The summed E-state index contributed by atoms with van der Waals surface area (Å²) in [6.45, 7) is 16.0. The molecule has 0 fully saturated rings. The summed E-state index contributed by atoms with van der Waals surface area (Å²) in [5, 5.41) is 10.5. The topological polar surface area (TPSA) is 40.6 Å². The van der Waals surface area contributed by atoms with Crippen molar-refractivity contribution in [3.05, 3.63) is 199 Å². The third-order valence-corrected chi connectivity index (χ3v) is 13.3. The summed E-state index contributed by atoms with van der Waals surface area (Å²) in [7, 11) is 0. The lowest BCUT2D eigenvalue weighted by atomic mass is 9.82. The van der Waals surface area contributed by atoms with Crippen LogP contribution in [0, 0.1) is 0 Å². The summed E-state index contributed by atoms with van der Waals surface area (Å²) in [6.07, 6.45) is 1.95. The van der Waals surface area contributed by atoms with E-state index >= 15 is 0 Å². The highest BCUT2D eigenvalue weighted by atomic mass is 15.3. The molecule has 4 aromatic heterocycles. The number of fused-ring (bicyclic) bond motifs is 6. The summed E-state index contributed by atoms with van der Waals surface area (Å²) in [6, 6.07) is 64.1. The summed E-state index contributed by atoms with van der Waals surface area (Å²) >= 11 is 0. The molecule has 0 aliphatic carbocycles. The van der Waals surface area contributed by atoms with Crippen LogP contribution in [0.4, 0.5) is 0 Å². The van der Waals surface area contributed by atoms with Crippen molar-refractivity contribution < 1.29 is 0 Å². The molecule has 11 rings (SSSR count). The van der Waals surface area contributed by atoms with Crippen LogP contribution < -0.4 is 0 Å². The quantitative estimate of drug-likeness (QED) is 0.153. The summed E-state index contributed by atoms with van der Waals surface area (Å²) in [4.78, 5) is 5.00. The second-order valence-corrected chi connectivity index (χ2v) is 19.1. The molecular weight excluding hydrogens is 791 g/mol. The van der Waals surface area contributed by atoms with Gasteiger partial charge in [-0.25, -0.2) is 9.67 Å². The van der Waals surface area contributed by atoms with Crippen LogP contribution in [0.15, 0.2) is 182 Å². The SMILES string of the molecule is CC(C)c1cccc(C(C)C)c1-c1c(-c2ccccc2)nn(-c2ccc3c4ccccc4n(-c4ccc5c6ccccc6n(-c6cc(C(C)(C)C)ccn6)c5c4)c3c2)c1-c1ccccc1. The first kappa shape index (κ1) is 40.3. The molecule has 5 nitrogen and oxygen atoms in total. The minimum absolute atomic E-state index is 0.0195. The summed E-state index contributed by atoms with van der Waals surface area (Å²) < 4.78 is 6.99. The van der Waals surface area contributed by atoms with E-state index in [0.29, 0.717) is 11.8 Å². The van der Waals surface area contributed by atoms with Crippen LogP contribution >= 0.6 is 0 Å². The molecule has 0 aliphatic rings. The fraction of sp³-hybridized carbons (Fsp3) is 0.167. The zero-order valence-electron chi connectivity index (χ0n) is 38.2. The maximum atomic E-state index is 5.70. The average molecular weight is 844 g/mol. The van der Waals surface area contributed by atoms with Gasteiger partial charge < -0.3 is 4.57 Å². The number of para-hydroxylation sites is 2. The first-order chi connectivity index (χ1) is 31.6. The van der Waals surface area contributed by atoms with Gasteiger partial charge in [-0.3, -0.25) is 4.57 Å². The van der Waals surface area contributed by atoms with Crippen molar-refractivity contribution in [2.45, 2.75) is 65.7 Å². The standard InChI is InChI=1S/C60H53N5/c1-38(2)45-25-18-26-46(39(3)4)56(45)57-58(40-19-10-8-11-20-40)62-65(59(57)41-21-12-9-13-22-41)44-30-32-49-47-23-14-16-27-51(47)63(53(49)37-44)43-29-31-50-48-24-15-17-28-52(48)64(54(50)36-43)55-35-42(33-34-61-55)60(5,6)7/h8-39H,1-7H3. The average Bonchev–Trinajstić information content (AvgIpc) is 3.99. The second-order valence-electron chi connectivity index (χ2n) is 19.1. The minimum atomic E-state index is -0.0195. The van der Waals surface area contributed by atoms with Crippen LogP contribution in [0.2, 0.25) is 0 Å². The van der Waals surface area contributed by atoms with Crippen molar-refractivity contribution >= 4 is 43.6 Å². The van der Waals surface area contributed by atoms with E-state index in [1.807, 2.05) is 6.20 Å². The fourth-order valence-electron chi connectivity index (χ4n) is 10.1. The maximum Gasteiger partial charge on any atom is 0.137 e. The summed E-state index contributed by atoms with van der Waals surface area (Å²) in [5.74, 6) is 1.53. The highest BCUT2D eigenvalue weighted by Crippen LogP contribution is 2.47. The Morgan fingerprint density at radius 2 is 0.969 bits per heavy atom. The minimum Gasteiger partial charge on any atom is -0.309 e. The lowest BCUT2D eigenvalue weighted by Gasteiger charge is -2.21. The van der Waals surface area contributed by atoms with Crippen LogP contribution in [-0.2, 0) is 5.41 Å². The number of nitrogens with zero attached hydrogens (tertiary/aromatic N) is 5. The molecule has 0 aliphatic heterocycles. The molecule has 0 amide bonds. The smallest absolute Gasteiger partial charge is 0.137 e. The van der Waals surface area contributed by atoms with E-state index in [9.17, 15) is 0 Å².